The molecule has 1 heterocycles. The lowest BCUT2D eigenvalue weighted by molar-refractivity contribution is -0.121. The van der Waals surface area contributed by atoms with Gasteiger partial charge < -0.3 is 11.1 Å². The summed E-state index contributed by atoms with van der Waals surface area (Å²) in [6.45, 7) is 2.73. The summed E-state index contributed by atoms with van der Waals surface area (Å²) in [5.41, 5.74) is 6.80. The van der Waals surface area contributed by atoms with Gasteiger partial charge in [0.05, 0.1) is 0 Å². The number of halogens is 1. The van der Waals surface area contributed by atoms with E-state index in [0.29, 0.717) is 24.1 Å². The summed E-state index contributed by atoms with van der Waals surface area (Å²) < 4.78 is 0. The first kappa shape index (κ1) is 22.8. The molecule has 156 valence electrons. The van der Waals surface area contributed by atoms with E-state index < -0.39 is 0 Å². The second-order valence-electron chi connectivity index (χ2n) is 7.22. The zero-order valence-corrected chi connectivity index (χ0v) is 17.5. The van der Waals surface area contributed by atoms with Gasteiger partial charge in [-0.3, -0.25) is 19.3 Å². The molecule has 7 heteroatoms. The molecule has 0 spiro atoms. The molecule has 2 aromatic rings. The normalized spacial score (nSPS) is 13.9. The van der Waals surface area contributed by atoms with Crippen LogP contribution in [0, 0.1) is 0 Å². The van der Waals surface area contributed by atoms with Gasteiger partial charge in [-0.25, -0.2) is 0 Å². The standard InChI is InChI=1S/C22H27N3O3.ClH/c1-2-3-9-16(14-23)24-19(26)12-6-13-25-21(27)17-10-4-7-15-8-5-11-18(20(15)17)22(25)28;/h4-5,7-8,10-11,16H,2-3,6,9,12-14,23H2,1H3,(H,24,26);1H. The van der Waals surface area contributed by atoms with Crippen LogP contribution in [0.3, 0.4) is 0 Å². The minimum atomic E-state index is -0.294. The van der Waals surface area contributed by atoms with Crippen LogP contribution >= 0.6 is 12.4 Å². The molecule has 3 amide bonds. The zero-order valence-electron chi connectivity index (χ0n) is 16.6. The molecular weight excluding hydrogens is 390 g/mol. The topological polar surface area (TPSA) is 92.5 Å². The van der Waals surface area contributed by atoms with Gasteiger partial charge in [0.15, 0.2) is 0 Å². The van der Waals surface area contributed by atoms with Crippen LogP contribution in [-0.2, 0) is 4.79 Å². The van der Waals surface area contributed by atoms with Gasteiger partial charge >= 0.3 is 0 Å². The average Bonchev–Trinajstić information content (AvgIpc) is 2.71. The van der Waals surface area contributed by atoms with Crippen molar-refractivity contribution in [3.8, 4) is 0 Å². The Morgan fingerprint density at radius 2 is 1.69 bits per heavy atom. The lowest BCUT2D eigenvalue weighted by Gasteiger charge is -2.27. The molecule has 3 rings (SSSR count). The number of nitrogens with two attached hydrogens (primary N) is 1. The van der Waals surface area contributed by atoms with Crippen molar-refractivity contribution in [3.63, 3.8) is 0 Å². The van der Waals surface area contributed by atoms with E-state index in [1.807, 2.05) is 24.3 Å². The Morgan fingerprint density at radius 1 is 1.07 bits per heavy atom. The van der Waals surface area contributed by atoms with E-state index in [-0.39, 0.29) is 49.1 Å². The number of rotatable bonds is 9. The van der Waals surface area contributed by atoms with Gasteiger partial charge in [-0.05, 0) is 30.4 Å². The Morgan fingerprint density at radius 3 is 2.24 bits per heavy atom. The molecule has 1 aliphatic heterocycles. The molecule has 6 nitrogen and oxygen atoms in total. The molecule has 0 saturated carbocycles. The van der Waals surface area contributed by atoms with Crippen molar-refractivity contribution in [2.75, 3.05) is 13.1 Å². The molecule has 0 bridgehead atoms. The predicted molar refractivity (Wildman–Crippen MR) is 116 cm³/mol. The van der Waals surface area contributed by atoms with Crippen molar-refractivity contribution in [1.29, 1.82) is 0 Å². The monoisotopic (exact) mass is 417 g/mol. The largest absolute Gasteiger partial charge is 0.352 e. The molecule has 1 unspecified atom stereocenters. The van der Waals surface area contributed by atoms with Gasteiger partial charge in [0.1, 0.15) is 0 Å². The van der Waals surface area contributed by atoms with E-state index in [1.54, 1.807) is 12.1 Å². The van der Waals surface area contributed by atoms with Gasteiger partial charge in [0, 0.05) is 42.1 Å². The van der Waals surface area contributed by atoms with Gasteiger partial charge in [0.2, 0.25) is 5.91 Å². The first-order valence-corrected chi connectivity index (χ1v) is 9.94. The Labute approximate surface area is 177 Å². The smallest absolute Gasteiger partial charge is 0.261 e. The lowest BCUT2D eigenvalue weighted by atomic mass is 9.94. The van der Waals surface area contributed by atoms with Crippen LogP contribution in [0.25, 0.3) is 10.8 Å². The highest BCUT2D eigenvalue weighted by Crippen LogP contribution is 2.30. The van der Waals surface area contributed by atoms with Crippen LogP contribution in [-0.4, -0.2) is 41.8 Å². The van der Waals surface area contributed by atoms with E-state index in [9.17, 15) is 14.4 Å². The summed E-state index contributed by atoms with van der Waals surface area (Å²) in [7, 11) is 0. The quantitative estimate of drug-likeness (QED) is 0.612. The zero-order chi connectivity index (χ0) is 20.1. The van der Waals surface area contributed by atoms with Crippen LogP contribution in [0.4, 0.5) is 0 Å². The van der Waals surface area contributed by atoms with Crippen LogP contribution in [0.5, 0.6) is 0 Å². The molecular formula is C22H28ClN3O3. The number of nitrogens with one attached hydrogen (secondary N) is 1. The fraction of sp³-hybridized carbons (Fsp3) is 0.409. The highest BCUT2D eigenvalue weighted by atomic mass is 35.5. The van der Waals surface area contributed by atoms with Crippen LogP contribution in [0.1, 0.15) is 59.7 Å². The third-order valence-corrected chi connectivity index (χ3v) is 5.20. The van der Waals surface area contributed by atoms with Crippen molar-refractivity contribution in [1.82, 2.24) is 10.2 Å². The third kappa shape index (κ3) is 4.95. The molecule has 29 heavy (non-hydrogen) atoms. The number of unbranched alkanes of at least 4 members (excludes halogenated alkanes) is 1. The average molecular weight is 418 g/mol. The summed E-state index contributed by atoms with van der Waals surface area (Å²) in [4.78, 5) is 39.1. The number of hydrogen-bond donors (Lipinski definition) is 2. The molecule has 0 fully saturated rings. The Balaban J connectivity index is 0.00000300. The maximum atomic E-state index is 12.8. The van der Waals surface area contributed by atoms with Gasteiger partial charge in [-0.15, -0.1) is 12.4 Å². The molecule has 0 saturated heterocycles. The molecule has 0 aromatic heterocycles. The fourth-order valence-electron chi connectivity index (χ4n) is 3.68. The van der Waals surface area contributed by atoms with E-state index in [0.717, 1.165) is 30.0 Å². The maximum Gasteiger partial charge on any atom is 0.261 e. The number of benzene rings is 2. The summed E-state index contributed by atoms with van der Waals surface area (Å²) in [6, 6.07) is 10.9. The van der Waals surface area contributed by atoms with Gasteiger partial charge in [-0.1, -0.05) is 44.0 Å². The van der Waals surface area contributed by atoms with Crippen LogP contribution in [0.2, 0.25) is 0 Å². The van der Waals surface area contributed by atoms with Gasteiger partial charge in [-0.2, -0.15) is 0 Å². The van der Waals surface area contributed by atoms with Crippen molar-refractivity contribution in [2.45, 2.75) is 45.1 Å². The predicted octanol–water partition coefficient (Wildman–Crippen LogP) is 3.27. The molecule has 1 aliphatic rings. The Bertz CT molecular complexity index is 849. The first-order valence-electron chi connectivity index (χ1n) is 9.94. The van der Waals surface area contributed by atoms with Crippen molar-refractivity contribution in [3.05, 3.63) is 47.5 Å². The number of carbonyl (C=O) groups is 3. The minimum Gasteiger partial charge on any atom is -0.352 e. The Kier molecular flexibility index (Phi) is 8.17. The van der Waals surface area contributed by atoms with E-state index >= 15 is 0 Å². The fourth-order valence-corrected chi connectivity index (χ4v) is 3.68. The number of imide groups is 1. The summed E-state index contributed by atoms with van der Waals surface area (Å²) in [5.74, 6) is -0.680. The summed E-state index contributed by atoms with van der Waals surface area (Å²) >= 11 is 0. The van der Waals surface area contributed by atoms with Crippen molar-refractivity contribution >= 4 is 40.9 Å². The third-order valence-electron chi connectivity index (χ3n) is 5.20. The molecule has 0 radical (unpaired) electrons. The number of nitrogens with zero attached hydrogens (tertiary/aromatic N) is 1. The first-order chi connectivity index (χ1) is 13.6. The number of hydrogen-bond acceptors (Lipinski definition) is 4. The number of amides is 3. The summed E-state index contributed by atoms with van der Waals surface area (Å²) in [6.07, 6.45) is 3.62. The highest BCUT2D eigenvalue weighted by molar-refractivity contribution is 6.25. The molecule has 3 N–H and O–H groups in total. The van der Waals surface area contributed by atoms with Crippen LogP contribution in [0.15, 0.2) is 36.4 Å². The van der Waals surface area contributed by atoms with Crippen LogP contribution < -0.4 is 11.1 Å². The van der Waals surface area contributed by atoms with E-state index in [4.69, 9.17) is 5.73 Å². The van der Waals surface area contributed by atoms with Crippen molar-refractivity contribution < 1.29 is 14.4 Å². The summed E-state index contributed by atoms with van der Waals surface area (Å²) in [5, 5.41) is 4.54. The van der Waals surface area contributed by atoms with E-state index in [2.05, 4.69) is 12.2 Å². The van der Waals surface area contributed by atoms with E-state index in [1.165, 1.54) is 4.90 Å². The minimum absolute atomic E-state index is 0. The molecule has 1 atom stereocenters. The molecule has 2 aromatic carbocycles. The number of carbonyl (C=O) groups excluding carboxylic acids is 3. The van der Waals surface area contributed by atoms with Crippen molar-refractivity contribution in [2.24, 2.45) is 5.73 Å². The lowest BCUT2D eigenvalue weighted by Crippen LogP contribution is -2.42. The SMILES string of the molecule is CCCCC(CN)NC(=O)CCCN1C(=O)c2cccc3cccc(c23)C1=O.Cl. The molecule has 0 aliphatic carbocycles. The second-order valence-corrected chi connectivity index (χ2v) is 7.22. The highest BCUT2D eigenvalue weighted by Gasteiger charge is 2.32. The second kappa shape index (κ2) is 10.4. The maximum absolute atomic E-state index is 12.8. The van der Waals surface area contributed by atoms with Gasteiger partial charge in [0.25, 0.3) is 11.8 Å². The Hall–Kier alpha value is -2.44.